The van der Waals surface area contributed by atoms with Gasteiger partial charge in [-0.25, -0.2) is 4.98 Å². The molecule has 3 rings (SSSR count). The van der Waals surface area contributed by atoms with Crippen LogP contribution in [0.4, 0.5) is 0 Å². The summed E-state index contributed by atoms with van der Waals surface area (Å²) in [5, 5.41) is 10.2. The molecule has 0 aliphatic carbocycles. The van der Waals surface area contributed by atoms with E-state index in [1.165, 1.54) is 13.2 Å². The fourth-order valence-corrected chi connectivity index (χ4v) is 3.54. The number of rotatable bonds is 6. The molecule has 2 aromatic rings. The van der Waals surface area contributed by atoms with Gasteiger partial charge in [0.2, 0.25) is 0 Å². The van der Waals surface area contributed by atoms with Gasteiger partial charge in [-0.05, 0) is 39.1 Å². The van der Waals surface area contributed by atoms with Crippen molar-refractivity contribution in [1.29, 1.82) is 0 Å². The van der Waals surface area contributed by atoms with Gasteiger partial charge in [-0.15, -0.1) is 0 Å². The topological polar surface area (TPSA) is 70.8 Å². The second-order valence-electron chi connectivity index (χ2n) is 7.26. The summed E-state index contributed by atoms with van der Waals surface area (Å²) in [5.41, 5.74) is 0.312. The molecule has 0 spiro atoms. The third kappa shape index (κ3) is 4.42. The lowest BCUT2D eigenvalue weighted by Crippen LogP contribution is -2.40. The van der Waals surface area contributed by atoms with Gasteiger partial charge in [0, 0.05) is 50.6 Å². The van der Waals surface area contributed by atoms with Crippen molar-refractivity contribution < 1.29 is 14.6 Å². The predicted molar refractivity (Wildman–Crippen MR) is 103 cm³/mol. The Balaban J connectivity index is 1.73. The lowest BCUT2D eigenvalue weighted by Gasteiger charge is -2.33. The summed E-state index contributed by atoms with van der Waals surface area (Å²) >= 11 is 0. The Kier molecular flexibility index (Phi) is 6.01. The van der Waals surface area contributed by atoms with E-state index < -0.39 is 0 Å². The monoisotopic (exact) mass is 372 g/mol. The lowest BCUT2D eigenvalue weighted by molar-refractivity contribution is 0.0700. The molecule has 1 atom stereocenters. The number of hydrogen-bond acceptors (Lipinski definition) is 5. The zero-order chi connectivity index (χ0) is 19.4. The van der Waals surface area contributed by atoms with Crippen LogP contribution in [0, 0.1) is 0 Å². The molecular formula is C20H28N4O3. The van der Waals surface area contributed by atoms with Gasteiger partial charge >= 0.3 is 0 Å². The standard InChI is InChI=1S/C20H28N4O3/c1-22(2)11-12-23-10-8-21-19(23)15-5-4-9-24(14-15)20(26)17-7-6-16(27-3)13-18(17)25/h6-8,10,13,15,25H,4-5,9,11-12,14H2,1-3H3/t15-/m0/s1. The Morgan fingerprint density at radius 3 is 2.93 bits per heavy atom. The number of phenolic OH excluding ortho intramolecular Hbond substituents is 1. The van der Waals surface area contributed by atoms with Gasteiger partial charge in [0.15, 0.2) is 0 Å². The van der Waals surface area contributed by atoms with E-state index in [-0.39, 0.29) is 17.6 Å². The number of methoxy groups -OCH3 is 1. The molecule has 2 heterocycles. The van der Waals surface area contributed by atoms with E-state index in [0.29, 0.717) is 24.4 Å². The summed E-state index contributed by atoms with van der Waals surface area (Å²) in [5.74, 6) is 1.58. The largest absolute Gasteiger partial charge is 0.507 e. The number of aromatic nitrogens is 2. The number of likely N-dealkylation sites (tertiary alicyclic amines) is 1. The number of imidazole rings is 1. The van der Waals surface area contributed by atoms with Crippen LogP contribution in [-0.4, -0.2) is 71.2 Å². The van der Waals surface area contributed by atoms with Gasteiger partial charge < -0.3 is 24.2 Å². The van der Waals surface area contributed by atoms with Gasteiger partial charge in [-0.2, -0.15) is 0 Å². The summed E-state index contributed by atoms with van der Waals surface area (Å²) < 4.78 is 7.28. The second-order valence-corrected chi connectivity index (χ2v) is 7.26. The van der Waals surface area contributed by atoms with E-state index in [1.807, 2.05) is 17.3 Å². The van der Waals surface area contributed by atoms with E-state index in [1.54, 1.807) is 12.1 Å². The van der Waals surface area contributed by atoms with Crippen molar-refractivity contribution in [3.63, 3.8) is 0 Å². The van der Waals surface area contributed by atoms with E-state index >= 15 is 0 Å². The summed E-state index contributed by atoms with van der Waals surface area (Å²) in [6.45, 7) is 3.13. The average Bonchev–Trinajstić information content (AvgIpc) is 3.14. The number of nitrogens with zero attached hydrogens (tertiary/aromatic N) is 4. The van der Waals surface area contributed by atoms with Crippen LogP contribution in [0.3, 0.4) is 0 Å². The molecule has 0 unspecified atom stereocenters. The third-order valence-electron chi connectivity index (χ3n) is 5.04. The molecule has 27 heavy (non-hydrogen) atoms. The highest BCUT2D eigenvalue weighted by Gasteiger charge is 2.29. The lowest BCUT2D eigenvalue weighted by atomic mass is 9.96. The number of benzene rings is 1. The SMILES string of the molecule is COc1ccc(C(=O)N2CCC[C@H](c3nccn3CCN(C)C)C2)c(O)c1. The van der Waals surface area contributed by atoms with Crippen molar-refractivity contribution in [3.05, 3.63) is 42.0 Å². The van der Waals surface area contributed by atoms with Gasteiger partial charge in [0.1, 0.15) is 17.3 Å². The first-order valence-electron chi connectivity index (χ1n) is 9.31. The molecule has 0 saturated carbocycles. The average molecular weight is 372 g/mol. The van der Waals surface area contributed by atoms with Crippen LogP contribution in [0.25, 0.3) is 0 Å². The summed E-state index contributed by atoms with van der Waals surface area (Å²) in [6.07, 6.45) is 5.78. The minimum Gasteiger partial charge on any atom is -0.507 e. The highest BCUT2D eigenvalue weighted by molar-refractivity contribution is 5.97. The number of carbonyl (C=O) groups is 1. The van der Waals surface area contributed by atoms with Crippen molar-refractivity contribution in [2.24, 2.45) is 0 Å². The van der Waals surface area contributed by atoms with Crippen LogP contribution in [0.1, 0.15) is 34.9 Å². The van der Waals surface area contributed by atoms with Crippen LogP contribution in [0.15, 0.2) is 30.6 Å². The quantitative estimate of drug-likeness (QED) is 0.842. The molecule has 0 bridgehead atoms. The Labute approximate surface area is 160 Å². The van der Waals surface area contributed by atoms with Crippen LogP contribution in [0.5, 0.6) is 11.5 Å². The first-order chi connectivity index (χ1) is 13.0. The fraction of sp³-hybridized carbons (Fsp3) is 0.500. The van der Waals surface area contributed by atoms with Gasteiger partial charge in [0.05, 0.1) is 12.7 Å². The molecule has 146 valence electrons. The maximum Gasteiger partial charge on any atom is 0.257 e. The number of amides is 1. The number of piperidine rings is 1. The van der Waals surface area contributed by atoms with Crippen molar-refractivity contribution >= 4 is 5.91 Å². The minimum absolute atomic E-state index is 0.0473. The van der Waals surface area contributed by atoms with Crippen molar-refractivity contribution in [3.8, 4) is 11.5 Å². The number of carbonyl (C=O) groups excluding carboxylic acids is 1. The summed E-state index contributed by atoms with van der Waals surface area (Å²) in [7, 11) is 5.64. The van der Waals surface area contributed by atoms with Crippen LogP contribution >= 0.6 is 0 Å². The normalized spacial score (nSPS) is 17.3. The van der Waals surface area contributed by atoms with E-state index in [4.69, 9.17) is 4.74 Å². The molecule has 7 heteroatoms. The molecule has 1 N–H and O–H groups in total. The molecule has 1 amide bonds. The van der Waals surface area contributed by atoms with E-state index in [9.17, 15) is 9.90 Å². The molecule has 1 saturated heterocycles. The Morgan fingerprint density at radius 1 is 1.41 bits per heavy atom. The molecule has 1 aromatic heterocycles. The highest BCUT2D eigenvalue weighted by Crippen LogP contribution is 2.29. The highest BCUT2D eigenvalue weighted by atomic mass is 16.5. The first-order valence-corrected chi connectivity index (χ1v) is 9.31. The molecule has 0 radical (unpaired) electrons. The zero-order valence-corrected chi connectivity index (χ0v) is 16.3. The number of ether oxygens (including phenoxy) is 1. The first kappa shape index (κ1) is 19.2. The molecular weight excluding hydrogens is 344 g/mol. The molecule has 7 nitrogen and oxygen atoms in total. The van der Waals surface area contributed by atoms with Gasteiger partial charge in [-0.3, -0.25) is 4.79 Å². The Bertz CT molecular complexity index is 787. The molecule has 1 aromatic carbocycles. The molecule has 1 aliphatic heterocycles. The van der Waals surface area contributed by atoms with Crippen molar-refractivity contribution in [2.75, 3.05) is 40.8 Å². The number of phenols is 1. The molecule has 1 aliphatic rings. The van der Waals surface area contributed by atoms with Crippen molar-refractivity contribution in [2.45, 2.75) is 25.3 Å². The Hall–Kier alpha value is -2.54. The number of hydrogen-bond donors (Lipinski definition) is 1. The minimum atomic E-state index is -0.147. The third-order valence-corrected chi connectivity index (χ3v) is 5.04. The van der Waals surface area contributed by atoms with Crippen LogP contribution in [-0.2, 0) is 6.54 Å². The van der Waals surface area contributed by atoms with Gasteiger partial charge in [0.25, 0.3) is 5.91 Å². The van der Waals surface area contributed by atoms with E-state index in [0.717, 1.165) is 31.8 Å². The maximum atomic E-state index is 12.9. The second kappa shape index (κ2) is 8.43. The predicted octanol–water partition coefficient (Wildman–Crippen LogP) is 2.18. The summed E-state index contributed by atoms with van der Waals surface area (Å²) in [4.78, 5) is 21.5. The van der Waals surface area contributed by atoms with Crippen molar-refractivity contribution in [1.82, 2.24) is 19.4 Å². The summed E-state index contributed by atoms with van der Waals surface area (Å²) in [6, 6.07) is 4.79. The smallest absolute Gasteiger partial charge is 0.257 e. The fourth-order valence-electron chi connectivity index (χ4n) is 3.54. The van der Waals surface area contributed by atoms with Gasteiger partial charge in [-0.1, -0.05) is 0 Å². The van der Waals surface area contributed by atoms with Crippen LogP contribution in [0.2, 0.25) is 0 Å². The van der Waals surface area contributed by atoms with E-state index in [2.05, 4.69) is 28.5 Å². The van der Waals surface area contributed by atoms with Crippen LogP contribution < -0.4 is 4.74 Å². The Morgan fingerprint density at radius 2 is 2.22 bits per heavy atom. The zero-order valence-electron chi connectivity index (χ0n) is 16.3. The molecule has 1 fully saturated rings. The number of aromatic hydroxyl groups is 1. The maximum absolute atomic E-state index is 12.9. The number of likely N-dealkylation sites (N-methyl/N-ethyl adjacent to an activating group) is 1.